The highest BCUT2D eigenvalue weighted by Crippen LogP contribution is 2.18. The summed E-state index contributed by atoms with van der Waals surface area (Å²) in [6, 6.07) is 14.0. The summed E-state index contributed by atoms with van der Waals surface area (Å²) in [5, 5.41) is 2.24. The summed E-state index contributed by atoms with van der Waals surface area (Å²) in [7, 11) is -2.40. The SMILES string of the molecule is C=S(=O)(NC(C)C)c1ccc2ccccc2c1. The molecule has 0 heterocycles. The molecule has 3 heteroatoms. The molecule has 2 aromatic carbocycles. The van der Waals surface area contributed by atoms with Crippen LogP contribution in [-0.2, 0) is 9.71 Å². The Morgan fingerprint density at radius 1 is 1.12 bits per heavy atom. The molecule has 2 nitrogen and oxygen atoms in total. The highest BCUT2D eigenvalue weighted by atomic mass is 32.2. The van der Waals surface area contributed by atoms with Crippen molar-refractivity contribution in [2.75, 3.05) is 0 Å². The van der Waals surface area contributed by atoms with E-state index in [1.807, 2.05) is 56.3 Å². The summed E-state index contributed by atoms with van der Waals surface area (Å²) in [6.07, 6.45) is 0. The predicted molar refractivity (Wildman–Crippen MR) is 75.7 cm³/mol. The van der Waals surface area contributed by atoms with Gasteiger partial charge in [-0.3, -0.25) is 0 Å². The first-order valence-corrected chi connectivity index (χ1v) is 7.35. The average molecular weight is 247 g/mol. The van der Waals surface area contributed by atoms with E-state index in [1.165, 1.54) is 0 Å². The van der Waals surface area contributed by atoms with Crippen molar-refractivity contribution in [3.8, 4) is 0 Å². The van der Waals surface area contributed by atoms with E-state index in [0.717, 1.165) is 15.7 Å². The molecule has 90 valence electrons. The number of benzene rings is 2. The first kappa shape index (κ1) is 12.1. The van der Waals surface area contributed by atoms with Gasteiger partial charge < -0.3 is 0 Å². The van der Waals surface area contributed by atoms with Crippen LogP contribution in [0.4, 0.5) is 0 Å². The Hall–Kier alpha value is -1.32. The molecule has 2 aromatic rings. The summed E-state index contributed by atoms with van der Waals surface area (Å²) in [6.45, 7) is 3.93. The van der Waals surface area contributed by atoms with Crippen LogP contribution in [-0.4, -0.2) is 16.1 Å². The van der Waals surface area contributed by atoms with Gasteiger partial charge in [-0.15, -0.1) is 0 Å². The standard InChI is InChI=1S/C14H17NOS/c1-11(2)15-17(3,16)14-9-8-12-6-4-5-7-13(12)10-14/h4-11H,3H2,1-2H3,(H,15,16). The lowest BCUT2D eigenvalue weighted by molar-refractivity contribution is 0.653. The third-order valence-electron chi connectivity index (χ3n) is 2.53. The summed E-state index contributed by atoms with van der Waals surface area (Å²) >= 11 is 0. The Labute approximate surface area is 103 Å². The van der Waals surface area contributed by atoms with E-state index in [9.17, 15) is 4.21 Å². The molecule has 0 saturated heterocycles. The van der Waals surface area contributed by atoms with Crippen molar-refractivity contribution in [3.05, 3.63) is 42.5 Å². The van der Waals surface area contributed by atoms with Crippen molar-refractivity contribution < 1.29 is 4.21 Å². The number of fused-ring (bicyclic) bond motifs is 1. The minimum Gasteiger partial charge on any atom is -0.248 e. The van der Waals surface area contributed by atoms with Crippen molar-refractivity contribution >= 4 is 26.4 Å². The normalized spacial score (nSPS) is 15.0. The lowest BCUT2D eigenvalue weighted by Gasteiger charge is -2.14. The van der Waals surface area contributed by atoms with Crippen molar-refractivity contribution in [1.82, 2.24) is 4.72 Å². The number of rotatable bonds is 3. The van der Waals surface area contributed by atoms with Crippen LogP contribution in [0, 0.1) is 0 Å². The van der Waals surface area contributed by atoms with Crippen LogP contribution < -0.4 is 4.72 Å². The topological polar surface area (TPSA) is 29.1 Å². The van der Waals surface area contributed by atoms with Crippen LogP contribution in [0.25, 0.3) is 10.8 Å². The Morgan fingerprint density at radius 3 is 2.41 bits per heavy atom. The van der Waals surface area contributed by atoms with Crippen LogP contribution in [0.3, 0.4) is 0 Å². The average Bonchev–Trinajstić information content (AvgIpc) is 2.26. The zero-order chi connectivity index (χ0) is 12.5. The van der Waals surface area contributed by atoms with Crippen molar-refractivity contribution in [1.29, 1.82) is 0 Å². The second kappa shape index (κ2) is 4.51. The molecule has 0 aliphatic carbocycles. The van der Waals surface area contributed by atoms with Crippen LogP contribution in [0.5, 0.6) is 0 Å². The highest BCUT2D eigenvalue weighted by Gasteiger charge is 2.09. The Morgan fingerprint density at radius 2 is 1.76 bits per heavy atom. The van der Waals surface area contributed by atoms with Crippen LogP contribution in [0.2, 0.25) is 0 Å². The second-order valence-corrected chi connectivity index (χ2v) is 6.51. The Balaban J connectivity index is 2.50. The predicted octanol–water partition coefficient (Wildman–Crippen LogP) is 2.83. The van der Waals surface area contributed by atoms with Crippen molar-refractivity contribution in [2.24, 2.45) is 0 Å². The van der Waals surface area contributed by atoms with Gasteiger partial charge in [0.25, 0.3) is 0 Å². The number of nitrogens with one attached hydrogen (secondary N) is 1. The van der Waals surface area contributed by atoms with E-state index in [-0.39, 0.29) is 6.04 Å². The molecular weight excluding hydrogens is 230 g/mol. The van der Waals surface area contributed by atoms with E-state index < -0.39 is 9.71 Å². The van der Waals surface area contributed by atoms with Gasteiger partial charge >= 0.3 is 0 Å². The zero-order valence-corrected chi connectivity index (χ0v) is 11.0. The highest BCUT2D eigenvalue weighted by molar-refractivity contribution is 7.98. The molecule has 0 fully saturated rings. The molecule has 0 amide bonds. The van der Waals surface area contributed by atoms with Crippen LogP contribution in [0.15, 0.2) is 47.4 Å². The summed E-state index contributed by atoms with van der Waals surface area (Å²) in [5.41, 5.74) is 0. The monoisotopic (exact) mass is 247 g/mol. The summed E-state index contributed by atoms with van der Waals surface area (Å²) < 4.78 is 15.4. The first-order valence-electron chi connectivity index (χ1n) is 5.62. The quantitative estimate of drug-likeness (QED) is 0.830. The molecule has 0 aliphatic heterocycles. The van der Waals surface area contributed by atoms with Gasteiger partial charge in [-0.25, -0.2) is 8.93 Å². The second-order valence-electron chi connectivity index (χ2n) is 4.46. The molecule has 0 bridgehead atoms. The largest absolute Gasteiger partial charge is 0.248 e. The third-order valence-corrected chi connectivity index (χ3v) is 4.40. The van der Waals surface area contributed by atoms with Crippen LogP contribution >= 0.6 is 0 Å². The molecule has 0 aliphatic rings. The molecule has 17 heavy (non-hydrogen) atoms. The lowest BCUT2D eigenvalue weighted by Crippen LogP contribution is -2.30. The van der Waals surface area contributed by atoms with Gasteiger partial charge in [0, 0.05) is 10.9 Å². The van der Waals surface area contributed by atoms with Crippen molar-refractivity contribution in [2.45, 2.75) is 24.8 Å². The summed E-state index contributed by atoms with van der Waals surface area (Å²) in [5.74, 6) is 3.80. The molecule has 0 radical (unpaired) electrons. The molecular formula is C14H17NOS. The Kier molecular flexibility index (Phi) is 3.22. The van der Waals surface area contributed by atoms with E-state index in [1.54, 1.807) is 0 Å². The van der Waals surface area contributed by atoms with E-state index in [4.69, 9.17) is 0 Å². The molecule has 1 N–H and O–H groups in total. The first-order chi connectivity index (χ1) is 7.99. The van der Waals surface area contributed by atoms with E-state index in [0.29, 0.717) is 0 Å². The fourth-order valence-electron chi connectivity index (χ4n) is 1.82. The minimum absolute atomic E-state index is 0.145. The molecule has 0 aromatic heterocycles. The third kappa shape index (κ3) is 2.68. The van der Waals surface area contributed by atoms with E-state index in [2.05, 4.69) is 10.6 Å². The minimum atomic E-state index is -2.40. The smallest absolute Gasteiger partial charge is 0.0535 e. The maximum Gasteiger partial charge on any atom is 0.0535 e. The Bertz CT molecular complexity index is 629. The fourth-order valence-corrected chi connectivity index (χ4v) is 3.32. The van der Waals surface area contributed by atoms with Gasteiger partial charge in [0.1, 0.15) is 0 Å². The van der Waals surface area contributed by atoms with Crippen LogP contribution in [0.1, 0.15) is 13.8 Å². The number of hydrogen-bond acceptors (Lipinski definition) is 1. The molecule has 0 spiro atoms. The lowest BCUT2D eigenvalue weighted by atomic mass is 10.1. The molecule has 2 rings (SSSR count). The summed E-state index contributed by atoms with van der Waals surface area (Å²) in [4.78, 5) is 0.755. The molecule has 1 atom stereocenters. The maximum absolute atomic E-state index is 12.4. The van der Waals surface area contributed by atoms with Gasteiger partial charge in [0.2, 0.25) is 0 Å². The van der Waals surface area contributed by atoms with E-state index >= 15 is 0 Å². The molecule has 1 unspecified atom stereocenters. The van der Waals surface area contributed by atoms with Gasteiger partial charge in [-0.05, 0) is 42.6 Å². The van der Waals surface area contributed by atoms with Gasteiger partial charge in [0.05, 0.1) is 9.71 Å². The maximum atomic E-state index is 12.4. The number of hydrogen-bond donors (Lipinski definition) is 1. The fraction of sp³-hybridized carbons (Fsp3) is 0.214. The van der Waals surface area contributed by atoms with Gasteiger partial charge in [-0.2, -0.15) is 0 Å². The zero-order valence-electron chi connectivity index (χ0n) is 10.1. The van der Waals surface area contributed by atoms with Gasteiger partial charge in [-0.1, -0.05) is 30.3 Å². The van der Waals surface area contributed by atoms with Crippen molar-refractivity contribution in [3.63, 3.8) is 0 Å². The van der Waals surface area contributed by atoms with Gasteiger partial charge in [0.15, 0.2) is 0 Å². The molecule has 0 saturated carbocycles.